The number of rotatable bonds is 7. The molecule has 1 rings (SSSR count). The molecule has 0 aliphatic heterocycles. The number of nitrogens with zero attached hydrogens (tertiary/aromatic N) is 1. The van der Waals surface area contributed by atoms with Gasteiger partial charge in [0.25, 0.3) is 0 Å². The summed E-state index contributed by atoms with van der Waals surface area (Å²) in [5, 5.41) is 13.5. The van der Waals surface area contributed by atoms with Gasteiger partial charge in [-0.1, -0.05) is 6.92 Å². The van der Waals surface area contributed by atoms with Crippen LogP contribution in [0.25, 0.3) is 0 Å². The normalized spacial score (nSPS) is 10.2. The molecule has 0 saturated carbocycles. The third-order valence-electron chi connectivity index (χ3n) is 2.88. The standard InChI is InChI=1S/C13H20N2O3S/c1-3-10-6-8-19-11(10)9-14-13(18)15(4-2)7-5-12(16)17/h6,8H,3-5,7,9H2,1-2H3,(H,14,18)(H,16,17). The van der Waals surface area contributed by atoms with Gasteiger partial charge < -0.3 is 15.3 Å². The first-order valence-corrected chi connectivity index (χ1v) is 7.26. The first kappa shape index (κ1) is 15.5. The van der Waals surface area contributed by atoms with E-state index in [1.54, 1.807) is 11.3 Å². The van der Waals surface area contributed by atoms with E-state index in [0.29, 0.717) is 13.1 Å². The van der Waals surface area contributed by atoms with Gasteiger partial charge in [0.2, 0.25) is 0 Å². The van der Waals surface area contributed by atoms with Gasteiger partial charge in [-0.25, -0.2) is 4.79 Å². The predicted octanol–water partition coefficient (Wildman–Crippen LogP) is 2.32. The van der Waals surface area contributed by atoms with E-state index in [4.69, 9.17) is 5.11 Å². The number of carboxylic acids is 1. The lowest BCUT2D eigenvalue weighted by Gasteiger charge is -2.20. The van der Waals surface area contributed by atoms with Gasteiger partial charge in [0.1, 0.15) is 0 Å². The van der Waals surface area contributed by atoms with Gasteiger partial charge in [-0.3, -0.25) is 4.79 Å². The lowest BCUT2D eigenvalue weighted by atomic mass is 10.2. The molecule has 0 spiro atoms. The van der Waals surface area contributed by atoms with Crippen LogP contribution in [0.1, 0.15) is 30.7 Å². The molecule has 0 aromatic carbocycles. The van der Waals surface area contributed by atoms with Crippen molar-refractivity contribution < 1.29 is 14.7 Å². The van der Waals surface area contributed by atoms with Crippen molar-refractivity contribution in [2.45, 2.75) is 33.2 Å². The molecule has 2 N–H and O–H groups in total. The quantitative estimate of drug-likeness (QED) is 0.807. The molecule has 0 fully saturated rings. The second-order valence-electron chi connectivity index (χ2n) is 4.10. The van der Waals surface area contributed by atoms with Gasteiger partial charge in [-0.15, -0.1) is 11.3 Å². The van der Waals surface area contributed by atoms with Gasteiger partial charge in [0, 0.05) is 18.0 Å². The number of aliphatic carboxylic acids is 1. The molecule has 0 aliphatic carbocycles. The molecule has 1 aromatic heterocycles. The fraction of sp³-hybridized carbons (Fsp3) is 0.538. The Labute approximate surface area is 117 Å². The number of carbonyl (C=O) groups is 2. The number of nitrogens with one attached hydrogen (secondary N) is 1. The van der Waals surface area contributed by atoms with Crippen molar-refractivity contribution >= 4 is 23.3 Å². The van der Waals surface area contributed by atoms with Crippen molar-refractivity contribution in [2.24, 2.45) is 0 Å². The molecule has 0 radical (unpaired) electrons. The third-order valence-corrected chi connectivity index (χ3v) is 3.85. The number of carbonyl (C=O) groups excluding carboxylic acids is 1. The summed E-state index contributed by atoms with van der Waals surface area (Å²) in [5.41, 5.74) is 1.25. The zero-order valence-electron chi connectivity index (χ0n) is 11.3. The van der Waals surface area contributed by atoms with Crippen molar-refractivity contribution in [1.82, 2.24) is 10.2 Å². The number of urea groups is 1. The first-order chi connectivity index (χ1) is 9.08. The minimum Gasteiger partial charge on any atom is -0.481 e. The van der Waals surface area contributed by atoms with E-state index < -0.39 is 5.97 Å². The van der Waals surface area contributed by atoms with E-state index in [1.807, 2.05) is 12.3 Å². The molecule has 0 saturated heterocycles. The molecule has 1 aromatic rings. The Kier molecular flexibility index (Phi) is 6.35. The molecule has 0 unspecified atom stereocenters. The summed E-state index contributed by atoms with van der Waals surface area (Å²) in [4.78, 5) is 25.1. The minimum atomic E-state index is -0.891. The second-order valence-corrected chi connectivity index (χ2v) is 5.11. The summed E-state index contributed by atoms with van der Waals surface area (Å²) in [6.45, 7) is 5.17. The van der Waals surface area contributed by atoms with Crippen LogP contribution in [0, 0.1) is 0 Å². The van der Waals surface area contributed by atoms with Gasteiger partial charge >= 0.3 is 12.0 Å². The third kappa shape index (κ3) is 4.90. The van der Waals surface area contributed by atoms with E-state index in [2.05, 4.69) is 18.3 Å². The highest BCUT2D eigenvalue weighted by molar-refractivity contribution is 7.10. The Morgan fingerprint density at radius 1 is 1.42 bits per heavy atom. The van der Waals surface area contributed by atoms with Crippen LogP contribution >= 0.6 is 11.3 Å². The Morgan fingerprint density at radius 3 is 2.74 bits per heavy atom. The number of amides is 2. The van der Waals surface area contributed by atoms with Crippen LogP contribution in [-0.4, -0.2) is 35.1 Å². The molecule has 6 heteroatoms. The molecule has 2 amide bonds. The van der Waals surface area contributed by atoms with Crippen LogP contribution in [0.3, 0.4) is 0 Å². The van der Waals surface area contributed by atoms with Gasteiger partial charge in [-0.2, -0.15) is 0 Å². The average molecular weight is 284 g/mol. The van der Waals surface area contributed by atoms with Crippen LogP contribution in [0.4, 0.5) is 4.79 Å². The predicted molar refractivity (Wildman–Crippen MR) is 75.4 cm³/mol. The topological polar surface area (TPSA) is 69.6 Å². The van der Waals surface area contributed by atoms with Gasteiger partial charge in [-0.05, 0) is 30.4 Å². The molecule has 1 heterocycles. The fourth-order valence-corrected chi connectivity index (χ4v) is 2.65. The summed E-state index contributed by atoms with van der Waals surface area (Å²) in [6.07, 6.45) is 0.922. The molecule has 0 bridgehead atoms. The summed E-state index contributed by atoms with van der Waals surface area (Å²) >= 11 is 1.63. The van der Waals surface area contributed by atoms with Crippen molar-refractivity contribution in [3.63, 3.8) is 0 Å². The molecule has 0 atom stereocenters. The van der Waals surface area contributed by atoms with Crippen molar-refractivity contribution in [1.29, 1.82) is 0 Å². The van der Waals surface area contributed by atoms with E-state index >= 15 is 0 Å². The second kappa shape index (κ2) is 7.78. The van der Waals surface area contributed by atoms with Crippen LogP contribution < -0.4 is 5.32 Å². The van der Waals surface area contributed by atoms with Crippen molar-refractivity contribution in [2.75, 3.05) is 13.1 Å². The molecule has 106 valence electrons. The SMILES string of the molecule is CCc1ccsc1CNC(=O)N(CC)CCC(=O)O. The number of thiophene rings is 1. The Hall–Kier alpha value is -1.56. The number of hydrogen-bond acceptors (Lipinski definition) is 3. The van der Waals surface area contributed by atoms with E-state index in [1.165, 1.54) is 10.5 Å². The van der Waals surface area contributed by atoms with E-state index in [0.717, 1.165) is 11.3 Å². The Balaban J connectivity index is 2.46. The number of carboxylic acid groups (broad SMARTS) is 1. The maximum Gasteiger partial charge on any atom is 0.317 e. The summed E-state index contributed by atoms with van der Waals surface area (Å²) in [7, 11) is 0. The summed E-state index contributed by atoms with van der Waals surface area (Å²) in [5.74, 6) is -0.891. The summed E-state index contributed by atoms with van der Waals surface area (Å²) < 4.78 is 0. The highest BCUT2D eigenvalue weighted by Crippen LogP contribution is 2.16. The monoisotopic (exact) mass is 284 g/mol. The minimum absolute atomic E-state index is 0.0273. The smallest absolute Gasteiger partial charge is 0.317 e. The molecule has 19 heavy (non-hydrogen) atoms. The maximum atomic E-state index is 11.9. The fourth-order valence-electron chi connectivity index (χ4n) is 1.74. The largest absolute Gasteiger partial charge is 0.481 e. The highest BCUT2D eigenvalue weighted by atomic mass is 32.1. The van der Waals surface area contributed by atoms with Crippen LogP contribution in [0.15, 0.2) is 11.4 Å². The zero-order valence-corrected chi connectivity index (χ0v) is 12.1. The first-order valence-electron chi connectivity index (χ1n) is 6.38. The molecular formula is C13H20N2O3S. The van der Waals surface area contributed by atoms with Gasteiger partial charge in [0.05, 0.1) is 13.0 Å². The maximum absolute atomic E-state index is 11.9. The number of aryl methyl sites for hydroxylation is 1. The van der Waals surface area contributed by atoms with Gasteiger partial charge in [0.15, 0.2) is 0 Å². The Morgan fingerprint density at radius 2 is 2.16 bits per heavy atom. The Bertz CT molecular complexity index is 431. The lowest BCUT2D eigenvalue weighted by molar-refractivity contribution is -0.137. The molecular weight excluding hydrogens is 264 g/mol. The summed E-state index contributed by atoms with van der Waals surface area (Å²) in [6, 6.07) is 1.85. The van der Waals surface area contributed by atoms with E-state index in [9.17, 15) is 9.59 Å². The van der Waals surface area contributed by atoms with Crippen LogP contribution in [0.2, 0.25) is 0 Å². The number of hydrogen-bond donors (Lipinski definition) is 2. The van der Waals surface area contributed by atoms with Crippen LogP contribution in [0.5, 0.6) is 0 Å². The lowest BCUT2D eigenvalue weighted by Crippen LogP contribution is -2.40. The zero-order chi connectivity index (χ0) is 14.3. The van der Waals surface area contributed by atoms with Crippen molar-refractivity contribution in [3.8, 4) is 0 Å². The van der Waals surface area contributed by atoms with Crippen LogP contribution in [-0.2, 0) is 17.8 Å². The highest BCUT2D eigenvalue weighted by Gasteiger charge is 2.13. The van der Waals surface area contributed by atoms with Crippen molar-refractivity contribution in [3.05, 3.63) is 21.9 Å². The molecule has 5 nitrogen and oxygen atoms in total. The average Bonchev–Trinajstić information content (AvgIpc) is 2.84. The van der Waals surface area contributed by atoms with E-state index in [-0.39, 0.29) is 19.0 Å². The molecule has 0 aliphatic rings.